The van der Waals surface area contributed by atoms with Crippen LogP contribution in [0.15, 0.2) is 4.52 Å². The quantitative estimate of drug-likeness (QED) is 0.857. The third kappa shape index (κ3) is 2.42. The minimum absolute atomic E-state index is 0.566. The number of nitrogens with zero attached hydrogens (tertiary/aromatic N) is 3. The first-order chi connectivity index (χ1) is 8.78. The molecule has 2 atom stereocenters. The molecule has 0 radical (unpaired) electrons. The lowest BCUT2D eigenvalue weighted by molar-refractivity contribution is 0.171. The summed E-state index contributed by atoms with van der Waals surface area (Å²) < 4.78 is 5.33. The second kappa shape index (κ2) is 4.97. The van der Waals surface area contributed by atoms with Crippen molar-refractivity contribution >= 4 is 0 Å². The lowest BCUT2D eigenvalue weighted by atomic mass is 10.0. The minimum Gasteiger partial charge on any atom is -0.338 e. The van der Waals surface area contributed by atoms with Crippen molar-refractivity contribution in [2.45, 2.75) is 50.6 Å². The Morgan fingerprint density at radius 3 is 2.89 bits per heavy atom. The van der Waals surface area contributed by atoms with Crippen LogP contribution in [0, 0.1) is 5.92 Å². The van der Waals surface area contributed by atoms with Gasteiger partial charge >= 0.3 is 0 Å². The van der Waals surface area contributed by atoms with Gasteiger partial charge in [-0.2, -0.15) is 4.98 Å². The summed E-state index contributed by atoms with van der Waals surface area (Å²) in [7, 11) is 2.14. The summed E-state index contributed by atoms with van der Waals surface area (Å²) in [5.74, 6) is 2.85. The zero-order valence-corrected chi connectivity index (χ0v) is 11.0. The van der Waals surface area contributed by atoms with Gasteiger partial charge < -0.3 is 10.3 Å². The monoisotopic (exact) mass is 250 g/mol. The topological polar surface area (TPSA) is 68.2 Å². The predicted octanol–water partition coefficient (Wildman–Crippen LogP) is 1.51. The first-order valence-electron chi connectivity index (χ1n) is 7.00. The van der Waals surface area contributed by atoms with Crippen molar-refractivity contribution in [2.75, 3.05) is 13.6 Å². The van der Waals surface area contributed by atoms with Crippen molar-refractivity contribution in [3.8, 4) is 0 Å². The van der Waals surface area contributed by atoms with E-state index in [1.807, 2.05) is 0 Å². The van der Waals surface area contributed by atoms with E-state index < -0.39 is 0 Å². The minimum atomic E-state index is 0.566. The van der Waals surface area contributed by atoms with Gasteiger partial charge in [-0.05, 0) is 45.2 Å². The van der Waals surface area contributed by atoms with Gasteiger partial charge in [-0.3, -0.25) is 4.90 Å². The number of hydrogen-bond acceptors (Lipinski definition) is 5. The van der Waals surface area contributed by atoms with Gasteiger partial charge in [0.25, 0.3) is 0 Å². The molecule has 1 aromatic heterocycles. The smallest absolute Gasteiger partial charge is 0.240 e. The predicted molar refractivity (Wildman–Crippen MR) is 67.9 cm³/mol. The number of hydrogen-bond donors (Lipinski definition) is 1. The van der Waals surface area contributed by atoms with Crippen LogP contribution in [-0.4, -0.2) is 34.7 Å². The average molecular weight is 250 g/mol. The SMILES string of the molecule is CN(Cc1nc(C2CC2)no1)C1CCCC1CN. The highest BCUT2D eigenvalue weighted by Crippen LogP contribution is 2.38. The van der Waals surface area contributed by atoms with Gasteiger partial charge in [0.15, 0.2) is 5.82 Å². The number of nitrogens with two attached hydrogens (primary N) is 1. The molecule has 0 spiro atoms. The van der Waals surface area contributed by atoms with Gasteiger partial charge in [0.1, 0.15) is 0 Å². The fourth-order valence-electron chi connectivity index (χ4n) is 3.04. The summed E-state index contributed by atoms with van der Waals surface area (Å²) in [6.45, 7) is 1.53. The van der Waals surface area contributed by atoms with Crippen LogP contribution in [0.4, 0.5) is 0 Å². The molecule has 0 bridgehead atoms. The Morgan fingerprint density at radius 2 is 2.17 bits per heavy atom. The summed E-state index contributed by atoms with van der Waals surface area (Å²) in [5.41, 5.74) is 5.83. The highest BCUT2D eigenvalue weighted by molar-refractivity contribution is 5.03. The third-order valence-corrected chi connectivity index (χ3v) is 4.30. The standard InChI is InChI=1S/C13H22N4O/c1-17(11-4-2-3-10(11)7-14)8-12-15-13(16-18-12)9-5-6-9/h9-11H,2-8,14H2,1H3. The molecule has 100 valence electrons. The molecule has 18 heavy (non-hydrogen) atoms. The van der Waals surface area contributed by atoms with Crippen molar-refractivity contribution in [3.63, 3.8) is 0 Å². The van der Waals surface area contributed by atoms with Crippen molar-refractivity contribution in [3.05, 3.63) is 11.7 Å². The van der Waals surface area contributed by atoms with Gasteiger partial charge in [0, 0.05) is 12.0 Å². The van der Waals surface area contributed by atoms with E-state index in [1.54, 1.807) is 0 Å². The van der Waals surface area contributed by atoms with Crippen molar-refractivity contribution in [2.24, 2.45) is 11.7 Å². The van der Waals surface area contributed by atoms with Crippen LogP contribution in [0.5, 0.6) is 0 Å². The molecule has 2 fully saturated rings. The first kappa shape index (κ1) is 12.1. The molecule has 0 amide bonds. The van der Waals surface area contributed by atoms with E-state index in [-0.39, 0.29) is 0 Å². The fraction of sp³-hybridized carbons (Fsp3) is 0.846. The molecule has 0 saturated heterocycles. The van der Waals surface area contributed by atoms with Crippen LogP contribution in [-0.2, 0) is 6.54 Å². The van der Waals surface area contributed by atoms with Crippen LogP contribution in [0.3, 0.4) is 0 Å². The Kier molecular flexibility index (Phi) is 3.35. The maximum absolute atomic E-state index is 5.83. The molecule has 3 rings (SSSR count). The Labute approximate surface area is 108 Å². The first-order valence-corrected chi connectivity index (χ1v) is 7.00. The van der Waals surface area contributed by atoms with E-state index >= 15 is 0 Å². The summed E-state index contributed by atoms with van der Waals surface area (Å²) in [6, 6.07) is 0.575. The third-order valence-electron chi connectivity index (χ3n) is 4.30. The summed E-state index contributed by atoms with van der Waals surface area (Å²) in [4.78, 5) is 6.81. The summed E-state index contributed by atoms with van der Waals surface area (Å²) in [6.07, 6.45) is 6.21. The molecule has 2 saturated carbocycles. The van der Waals surface area contributed by atoms with E-state index in [1.165, 1.54) is 32.1 Å². The van der Waals surface area contributed by atoms with Crippen LogP contribution < -0.4 is 5.73 Å². The van der Waals surface area contributed by atoms with Gasteiger partial charge in [-0.15, -0.1) is 0 Å². The molecule has 5 nitrogen and oxygen atoms in total. The highest BCUT2D eigenvalue weighted by Gasteiger charge is 2.31. The maximum Gasteiger partial charge on any atom is 0.240 e. The van der Waals surface area contributed by atoms with E-state index in [0.717, 1.165) is 24.8 Å². The van der Waals surface area contributed by atoms with Crippen molar-refractivity contribution < 1.29 is 4.52 Å². The largest absolute Gasteiger partial charge is 0.338 e. The fourth-order valence-corrected chi connectivity index (χ4v) is 3.04. The Bertz CT molecular complexity index is 401. The molecule has 2 aliphatic rings. The Hall–Kier alpha value is -0.940. The average Bonchev–Trinajstić information content (AvgIpc) is 2.93. The lowest BCUT2D eigenvalue weighted by Crippen LogP contribution is -2.37. The second-order valence-electron chi connectivity index (χ2n) is 5.73. The van der Waals surface area contributed by atoms with Crippen LogP contribution in [0.1, 0.15) is 49.7 Å². The Morgan fingerprint density at radius 1 is 1.33 bits per heavy atom. The van der Waals surface area contributed by atoms with Crippen LogP contribution in [0.2, 0.25) is 0 Å². The Balaban J connectivity index is 1.60. The van der Waals surface area contributed by atoms with Gasteiger partial charge in [0.2, 0.25) is 5.89 Å². The summed E-state index contributed by atoms with van der Waals surface area (Å²) in [5, 5.41) is 4.06. The zero-order chi connectivity index (χ0) is 12.5. The maximum atomic E-state index is 5.83. The molecule has 2 aliphatic carbocycles. The molecular weight excluding hydrogens is 228 g/mol. The second-order valence-corrected chi connectivity index (χ2v) is 5.73. The highest BCUT2D eigenvalue weighted by atomic mass is 16.5. The summed E-state index contributed by atoms with van der Waals surface area (Å²) >= 11 is 0. The number of aromatic nitrogens is 2. The van der Waals surface area contributed by atoms with Gasteiger partial charge in [-0.25, -0.2) is 0 Å². The van der Waals surface area contributed by atoms with Crippen molar-refractivity contribution in [1.29, 1.82) is 0 Å². The normalized spacial score (nSPS) is 28.2. The van der Waals surface area contributed by atoms with E-state index in [4.69, 9.17) is 10.3 Å². The van der Waals surface area contributed by atoms with Gasteiger partial charge in [-0.1, -0.05) is 11.6 Å². The molecule has 0 aromatic carbocycles. The van der Waals surface area contributed by atoms with E-state index in [2.05, 4.69) is 22.1 Å². The molecule has 1 heterocycles. The van der Waals surface area contributed by atoms with Crippen LogP contribution in [0.25, 0.3) is 0 Å². The molecule has 2 unspecified atom stereocenters. The molecule has 0 aliphatic heterocycles. The van der Waals surface area contributed by atoms with E-state index in [9.17, 15) is 0 Å². The molecular formula is C13H22N4O. The van der Waals surface area contributed by atoms with Crippen molar-refractivity contribution in [1.82, 2.24) is 15.0 Å². The molecule has 1 aromatic rings. The van der Waals surface area contributed by atoms with Gasteiger partial charge in [0.05, 0.1) is 6.54 Å². The lowest BCUT2D eigenvalue weighted by Gasteiger charge is -2.27. The molecule has 2 N–H and O–H groups in total. The molecule has 5 heteroatoms. The zero-order valence-electron chi connectivity index (χ0n) is 11.0. The number of rotatable bonds is 5. The van der Waals surface area contributed by atoms with E-state index in [0.29, 0.717) is 17.9 Å². The van der Waals surface area contributed by atoms with Crippen LogP contribution >= 0.6 is 0 Å².